The van der Waals surface area contributed by atoms with Crippen molar-refractivity contribution in [2.45, 2.75) is 6.54 Å². The zero-order valence-corrected chi connectivity index (χ0v) is 15.9. The molecule has 3 heterocycles. The van der Waals surface area contributed by atoms with Crippen molar-refractivity contribution in [1.29, 1.82) is 0 Å². The van der Waals surface area contributed by atoms with Gasteiger partial charge in [0.05, 0.1) is 24.6 Å². The number of pyridine rings is 1. The fourth-order valence-corrected chi connectivity index (χ4v) is 3.09. The maximum Gasteiger partial charge on any atom is 0.272 e. The Hall–Kier alpha value is -3.52. The number of rotatable bonds is 6. The van der Waals surface area contributed by atoms with Gasteiger partial charge in [0.2, 0.25) is 0 Å². The fourth-order valence-electron chi connectivity index (χ4n) is 3.09. The van der Waals surface area contributed by atoms with Crippen LogP contribution in [0, 0.1) is 0 Å². The SMILES string of the molecule is O=C(NCc1ccncc1)c1ccc(Nc2ccccc2N2CCOCC2)nn1. The highest BCUT2D eigenvalue weighted by Crippen LogP contribution is 2.28. The maximum absolute atomic E-state index is 12.3. The van der Waals surface area contributed by atoms with Crippen molar-refractivity contribution in [1.82, 2.24) is 20.5 Å². The number of carbonyl (C=O) groups excluding carboxylic acids is 1. The van der Waals surface area contributed by atoms with Crippen molar-refractivity contribution >= 4 is 23.1 Å². The molecule has 3 aromatic rings. The normalized spacial score (nSPS) is 13.7. The van der Waals surface area contributed by atoms with Gasteiger partial charge in [-0.3, -0.25) is 9.78 Å². The average Bonchev–Trinajstić information content (AvgIpc) is 2.80. The van der Waals surface area contributed by atoms with E-state index in [0.29, 0.717) is 12.4 Å². The Balaban J connectivity index is 1.40. The van der Waals surface area contributed by atoms with Crippen LogP contribution in [0.25, 0.3) is 0 Å². The molecule has 8 heteroatoms. The van der Waals surface area contributed by atoms with Crippen molar-refractivity contribution in [3.8, 4) is 0 Å². The number of hydrogen-bond acceptors (Lipinski definition) is 7. The quantitative estimate of drug-likeness (QED) is 0.668. The van der Waals surface area contributed by atoms with Crippen molar-refractivity contribution in [2.24, 2.45) is 0 Å². The number of ether oxygens (including phenoxy) is 1. The van der Waals surface area contributed by atoms with E-state index in [4.69, 9.17) is 4.74 Å². The first-order chi connectivity index (χ1) is 14.3. The topological polar surface area (TPSA) is 92.3 Å². The predicted octanol–water partition coefficient (Wildman–Crippen LogP) is 2.38. The van der Waals surface area contributed by atoms with Gasteiger partial charge in [0.15, 0.2) is 11.5 Å². The van der Waals surface area contributed by atoms with Crippen molar-refractivity contribution in [3.05, 3.63) is 72.2 Å². The predicted molar refractivity (Wildman–Crippen MR) is 110 cm³/mol. The van der Waals surface area contributed by atoms with E-state index in [2.05, 4.69) is 36.8 Å². The summed E-state index contributed by atoms with van der Waals surface area (Å²) in [5.41, 5.74) is 3.28. The number of aromatic nitrogens is 3. The Morgan fingerprint density at radius 3 is 2.55 bits per heavy atom. The van der Waals surface area contributed by atoms with Crippen LogP contribution in [0.2, 0.25) is 0 Å². The van der Waals surface area contributed by atoms with Crippen LogP contribution in [0.5, 0.6) is 0 Å². The molecule has 4 rings (SSSR count). The van der Waals surface area contributed by atoms with Crippen molar-refractivity contribution in [2.75, 3.05) is 36.5 Å². The molecule has 1 aliphatic heterocycles. The number of carbonyl (C=O) groups is 1. The van der Waals surface area contributed by atoms with Crippen LogP contribution in [0.4, 0.5) is 17.2 Å². The molecule has 1 saturated heterocycles. The Kier molecular flexibility index (Phi) is 5.92. The number of nitrogens with one attached hydrogen (secondary N) is 2. The van der Waals surface area contributed by atoms with Gasteiger partial charge in [0, 0.05) is 32.0 Å². The van der Waals surface area contributed by atoms with Crippen LogP contribution < -0.4 is 15.5 Å². The highest BCUT2D eigenvalue weighted by Gasteiger charge is 2.15. The molecule has 0 bridgehead atoms. The van der Waals surface area contributed by atoms with E-state index < -0.39 is 0 Å². The summed E-state index contributed by atoms with van der Waals surface area (Å²) in [5.74, 6) is 0.311. The molecule has 1 fully saturated rings. The lowest BCUT2D eigenvalue weighted by atomic mass is 10.2. The van der Waals surface area contributed by atoms with E-state index in [1.165, 1.54) is 0 Å². The Bertz CT molecular complexity index is 943. The second-order valence-corrected chi connectivity index (χ2v) is 6.58. The van der Waals surface area contributed by atoms with Crippen LogP contribution in [-0.2, 0) is 11.3 Å². The van der Waals surface area contributed by atoms with Crippen LogP contribution in [0.3, 0.4) is 0 Å². The van der Waals surface area contributed by atoms with E-state index in [0.717, 1.165) is 43.2 Å². The zero-order valence-electron chi connectivity index (χ0n) is 15.9. The minimum atomic E-state index is -0.269. The minimum absolute atomic E-state index is 0.269. The second kappa shape index (κ2) is 9.11. The molecule has 0 saturated carbocycles. The lowest BCUT2D eigenvalue weighted by Gasteiger charge is -2.30. The summed E-state index contributed by atoms with van der Waals surface area (Å²) in [4.78, 5) is 18.5. The molecular formula is C21H22N6O2. The van der Waals surface area contributed by atoms with E-state index in [-0.39, 0.29) is 11.6 Å². The van der Waals surface area contributed by atoms with Crippen LogP contribution in [-0.4, -0.2) is 47.4 Å². The molecule has 0 radical (unpaired) electrons. The third-order valence-electron chi connectivity index (χ3n) is 4.62. The zero-order chi connectivity index (χ0) is 19.9. The summed E-state index contributed by atoms with van der Waals surface area (Å²) in [5, 5.41) is 14.3. The van der Waals surface area contributed by atoms with Gasteiger partial charge in [0.1, 0.15) is 0 Å². The maximum atomic E-state index is 12.3. The molecule has 2 aromatic heterocycles. The van der Waals surface area contributed by atoms with Gasteiger partial charge >= 0.3 is 0 Å². The number of anilines is 3. The van der Waals surface area contributed by atoms with Gasteiger partial charge in [-0.15, -0.1) is 10.2 Å². The first kappa shape index (κ1) is 18.8. The van der Waals surface area contributed by atoms with Crippen LogP contribution >= 0.6 is 0 Å². The van der Waals surface area contributed by atoms with Crippen molar-refractivity contribution in [3.63, 3.8) is 0 Å². The molecule has 1 aromatic carbocycles. The lowest BCUT2D eigenvalue weighted by Crippen LogP contribution is -2.36. The van der Waals surface area contributed by atoms with Gasteiger partial charge in [-0.1, -0.05) is 12.1 Å². The fraction of sp³-hybridized carbons (Fsp3) is 0.238. The van der Waals surface area contributed by atoms with Gasteiger partial charge in [-0.05, 0) is 42.0 Å². The molecule has 0 aliphatic carbocycles. The van der Waals surface area contributed by atoms with Gasteiger partial charge in [-0.2, -0.15) is 0 Å². The summed E-state index contributed by atoms with van der Waals surface area (Å²) in [7, 11) is 0. The molecule has 0 spiro atoms. The number of nitrogens with zero attached hydrogens (tertiary/aromatic N) is 4. The summed E-state index contributed by atoms with van der Waals surface area (Å²) in [6, 6.07) is 15.2. The first-order valence-electron chi connectivity index (χ1n) is 9.49. The smallest absolute Gasteiger partial charge is 0.272 e. The number of amides is 1. The minimum Gasteiger partial charge on any atom is -0.378 e. The molecule has 8 nitrogen and oxygen atoms in total. The van der Waals surface area contributed by atoms with E-state index >= 15 is 0 Å². The summed E-state index contributed by atoms with van der Waals surface area (Å²) < 4.78 is 5.44. The first-order valence-corrected chi connectivity index (χ1v) is 9.49. The largest absolute Gasteiger partial charge is 0.378 e. The van der Waals surface area contributed by atoms with E-state index in [9.17, 15) is 4.79 Å². The second-order valence-electron chi connectivity index (χ2n) is 6.58. The lowest BCUT2D eigenvalue weighted by molar-refractivity contribution is 0.0945. The monoisotopic (exact) mass is 390 g/mol. The van der Waals surface area contributed by atoms with Crippen LogP contribution in [0.1, 0.15) is 16.1 Å². The van der Waals surface area contributed by atoms with Crippen LogP contribution in [0.15, 0.2) is 60.9 Å². The van der Waals surface area contributed by atoms with Gasteiger partial charge in [0.25, 0.3) is 5.91 Å². The highest BCUT2D eigenvalue weighted by molar-refractivity contribution is 5.92. The molecule has 29 heavy (non-hydrogen) atoms. The van der Waals surface area contributed by atoms with Gasteiger partial charge < -0.3 is 20.3 Å². The number of morpholine rings is 1. The number of benzene rings is 1. The third kappa shape index (κ3) is 4.85. The Morgan fingerprint density at radius 1 is 1.00 bits per heavy atom. The summed E-state index contributed by atoms with van der Waals surface area (Å²) >= 11 is 0. The Morgan fingerprint density at radius 2 is 1.79 bits per heavy atom. The van der Waals surface area contributed by atoms with Crippen molar-refractivity contribution < 1.29 is 9.53 Å². The van der Waals surface area contributed by atoms with Gasteiger partial charge in [-0.25, -0.2) is 0 Å². The molecule has 2 N–H and O–H groups in total. The molecule has 0 unspecified atom stereocenters. The number of para-hydroxylation sites is 2. The molecule has 1 amide bonds. The Labute approximate surface area is 168 Å². The third-order valence-corrected chi connectivity index (χ3v) is 4.62. The molecule has 1 aliphatic rings. The molecule has 148 valence electrons. The summed E-state index contributed by atoms with van der Waals surface area (Å²) in [6.07, 6.45) is 3.38. The standard InChI is InChI=1S/C21H22N6O2/c28-21(23-15-16-7-9-22-10-8-16)18-5-6-20(26-25-18)24-17-3-1-2-4-19(17)27-11-13-29-14-12-27/h1-10H,11-15H2,(H,23,28)(H,24,26). The van der Waals surface area contributed by atoms with E-state index in [1.807, 2.05) is 30.3 Å². The van der Waals surface area contributed by atoms with E-state index in [1.54, 1.807) is 24.5 Å². The average molecular weight is 390 g/mol. The molecular weight excluding hydrogens is 368 g/mol. The highest BCUT2D eigenvalue weighted by atomic mass is 16.5. The summed E-state index contributed by atoms with van der Waals surface area (Å²) in [6.45, 7) is 3.55. The number of hydrogen-bond donors (Lipinski definition) is 2. The molecule has 0 atom stereocenters.